The molecule has 0 radical (unpaired) electrons. The Balaban J connectivity index is 3.26. The van der Waals surface area contributed by atoms with Crippen LogP contribution in [0.4, 0.5) is 0 Å². The van der Waals surface area contributed by atoms with Crippen molar-refractivity contribution < 1.29 is 9.53 Å². The molecule has 0 amide bonds. The van der Waals surface area contributed by atoms with Gasteiger partial charge < -0.3 is 10.5 Å². The number of unbranched alkanes of at least 4 members (excludes halogenated alkanes) is 14. The second-order valence-electron chi connectivity index (χ2n) is 9.05. The first-order valence-corrected chi connectivity index (χ1v) is 12.6. The first kappa shape index (κ1) is 28.2. The van der Waals surface area contributed by atoms with E-state index in [1.807, 2.05) is 0 Å². The minimum atomic E-state index is -0.467. The Morgan fingerprint density at radius 3 is 1.69 bits per heavy atom. The van der Waals surface area contributed by atoms with Gasteiger partial charge in [-0.1, -0.05) is 104 Å². The molecule has 0 saturated heterocycles. The summed E-state index contributed by atoms with van der Waals surface area (Å²) >= 11 is 0. The molecule has 29 heavy (non-hydrogen) atoms. The Hall–Kier alpha value is -0.830. The third kappa shape index (κ3) is 21.7. The van der Waals surface area contributed by atoms with Gasteiger partial charge in [0.2, 0.25) is 0 Å². The van der Waals surface area contributed by atoms with Gasteiger partial charge in [-0.3, -0.25) is 4.79 Å². The van der Waals surface area contributed by atoms with Gasteiger partial charge in [-0.25, -0.2) is 0 Å². The summed E-state index contributed by atoms with van der Waals surface area (Å²) in [4.78, 5) is 11.7. The van der Waals surface area contributed by atoms with Crippen molar-refractivity contribution in [2.24, 2.45) is 11.7 Å². The number of rotatable bonds is 21. The minimum Gasteiger partial charge on any atom is -0.465 e. The lowest BCUT2D eigenvalue weighted by Crippen LogP contribution is -2.33. The van der Waals surface area contributed by atoms with Crippen LogP contribution >= 0.6 is 0 Å². The third-order valence-corrected chi connectivity index (χ3v) is 5.43. The zero-order chi connectivity index (χ0) is 21.6. The van der Waals surface area contributed by atoms with E-state index in [-0.39, 0.29) is 5.97 Å². The molecule has 0 unspecified atom stereocenters. The van der Waals surface area contributed by atoms with Crippen molar-refractivity contribution >= 4 is 5.97 Å². The first-order valence-electron chi connectivity index (χ1n) is 12.6. The first-order chi connectivity index (χ1) is 14.1. The maximum atomic E-state index is 11.7. The normalized spacial score (nSPS) is 12.7. The van der Waals surface area contributed by atoms with Crippen LogP contribution < -0.4 is 5.73 Å². The number of ether oxygens (including phenoxy) is 1. The van der Waals surface area contributed by atoms with Gasteiger partial charge in [-0.2, -0.15) is 0 Å². The summed E-state index contributed by atoms with van der Waals surface area (Å²) in [6.07, 6.45) is 26.5. The highest BCUT2D eigenvalue weighted by molar-refractivity contribution is 5.75. The zero-order valence-corrected chi connectivity index (χ0v) is 19.9. The number of esters is 1. The van der Waals surface area contributed by atoms with Crippen LogP contribution in [-0.2, 0) is 9.53 Å². The Labute approximate surface area is 182 Å². The molecule has 3 heteroatoms. The van der Waals surface area contributed by atoms with E-state index < -0.39 is 6.04 Å². The van der Waals surface area contributed by atoms with Crippen molar-refractivity contribution in [3.05, 3.63) is 12.2 Å². The number of allylic oxidation sites excluding steroid dienone is 2. The summed E-state index contributed by atoms with van der Waals surface area (Å²) in [6, 6.07) is -0.467. The van der Waals surface area contributed by atoms with Gasteiger partial charge in [0, 0.05) is 0 Å². The molecule has 0 spiro atoms. The Morgan fingerprint density at radius 2 is 1.21 bits per heavy atom. The van der Waals surface area contributed by atoms with Crippen LogP contribution in [0.2, 0.25) is 0 Å². The highest BCUT2D eigenvalue weighted by atomic mass is 16.5. The van der Waals surface area contributed by atoms with E-state index in [2.05, 4.69) is 32.9 Å². The van der Waals surface area contributed by atoms with Gasteiger partial charge >= 0.3 is 5.97 Å². The van der Waals surface area contributed by atoms with Crippen LogP contribution in [0.15, 0.2) is 12.2 Å². The molecule has 0 aliphatic carbocycles. The number of carbonyl (C=O) groups excluding carboxylic acids is 1. The van der Waals surface area contributed by atoms with Gasteiger partial charge in [0.05, 0.1) is 6.61 Å². The summed E-state index contributed by atoms with van der Waals surface area (Å²) in [5, 5.41) is 0. The molecule has 0 saturated carbocycles. The van der Waals surface area contributed by atoms with E-state index in [9.17, 15) is 4.79 Å². The van der Waals surface area contributed by atoms with Crippen molar-refractivity contribution in [1.29, 1.82) is 0 Å². The van der Waals surface area contributed by atoms with E-state index in [0.29, 0.717) is 18.9 Å². The van der Waals surface area contributed by atoms with Crippen molar-refractivity contribution in [2.75, 3.05) is 6.61 Å². The zero-order valence-electron chi connectivity index (χ0n) is 19.9. The van der Waals surface area contributed by atoms with Crippen molar-refractivity contribution in [2.45, 2.75) is 136 Å². The molecule has 0 aliphatic heterocycles. The smallest absolute Gasteiger partial charge is 0.322 e. The number of nitrogens with two attached hydrogens (primary N) is 1. The van der Waals surface area contributed by atoms with E-state index in [1.54, 1.807) is 0 Å². The second kappa shape index (κ2) is 21.9. The fourth-order valence-electron chi connectivity index (χ4n) is 3.59. The van der Waals surface area contributed by atoms with Crippen molar-refractivity contribution in [3.8, 4) is 0 Å². The molecular weight excluding hydrogens is 358 g/mol. The van der Waals surface area contributed by atoms with Crippen LogP contribution in [0.3, 0.4) is 0 Å². The van der Waals surface area contributed by atoms with Gasteiger partial charge in [0.25, 0.3) is 0 Å². The Morgan fingerprint density at radius 1 is 0.759 bits per heavy atom. The Kier molecular flexibility index (Phi) is 21.2. The molecule has 1 atom stereocenters. The third-order valence-electron chi connectivity index (χ3n) is 5.43. The van der Waals surface area contributed by atoms with Crippen LogP contribution in [-0.4, -0.2) is 18.6 Å². The van der Waals surface area contributed by atoms with Crippen LogP contribution in [0.1, 0.15) is 130 Å². The summed E-state index contributed by atoms with van der Waals surface area (Å²) in [5.74, 6) is 0.175. The summed E-state index contributed by atoms with van der Waals surface area (Å²) in [5.41, 5.74) is 5.81. The SMILES string of the molecule is CCCCCCCCCCCCCC/C=C\CCCCOC(=O)[C@@H](N)CC(C)C. The van der Waals surface area contributed by atoms with Crippen LogP contribution in [0.5, 0.6) is 0 Å². The predicted octanol–water partition coefficient (Wildman–Crippen LogP) is 7.72. The Bertz CT molecular complexity index is 379. The standard InChI is InChI=1S/C26H51NO2/c1-4-5-6-7-8-9-10-11-12-13-14-15-16-17-18-19-20-21-22-29-26(28)25(27)23-24(2)3/h17-18,24-25H,4-16,19-23,27H2,1-3H3/b18-17-/t25-/m0/s1. The van der Waals surface area contributed by atoms with Gasteiger partial charge in [0.15, 0.2) is 0 Å². The largest absolute Gasteiger partial charge is 0.465 e. The molecule has 0 aromatic carbocycles. The number of hydrogen-bond acceptors (Lipinski definition) is 3. The predicted molar refractivity (Wildman–Crippen MR) is 127 cm³/mol. The average Bonchev–Trinajstić information content (AvgIpc) is 2.69. The van der Waals surface area contributed by atoms with Crippen molar-refractivity contribution in [1.82, 2.24) is 0 Å². The molecule has 0 aliphatic rings. The minimum absolute atomic E-state index is 0.249. The highest BCUT2D eigenvalue weighted by Crippen LogP contribution is 2.12. The lowest BCUT2D eigenvalue weighted by atomic mass is 10.0. The molecule has 0 heterocycles. The van der Waals surface area contributed by atoms with E-state index in [1.165, 1.54) is 83.5 Å². The van der Waals surface area contributed by atoms with Crippen molar-refractivity contribution in [3.63, 3.8) is 0 Å². The second-order valence-corrected chi connectivity index (χ2v) is 9.05. The molecule has 0 aromatic rings. The molecule has 0 bridgehead atoms. The molecule has 172 valence electrons. The maximum absolute atomic E-state index is 11.7. The highest BCUT2D eigenvalue weighted by Gasteiger charge is 2.15. The fourth-order valence-corrected chi connectivity index (χ4v) is 3.59. The molecule has 0 aromatic heterocycles. The van der Waals surface area contributed by atoms with Crippen LogP contribution in [0.25, 0.3) is 0 Å². The summed E-state index contributed by atoms with van der Waals surface area (Å²) in [6.45, 7) is 6.91. The lowest BCUT2D eigenvalue weighted by Gasteiger charge is -2.13. The quantitative estimate of drug-likeness (QED) is 0.120. The van der Waals surface area contributed by atoms with Crippen LogP contribution in [0, 0.1) is 5.92 Å². The topological polar surface area (TPSA) is 52.3 Å². The molecule has 3 nitrogen and oxygen atoms in total. The lowest BCUT2D eigenvalue weighted by molar-refractivity contribution is -0.145. The molecular formula is C26H51NO2. The maximum Gasteiger partial charge on any atom is 0.322 e. The number of hydrogen-bond donors (Lipinski definition) is 1. The molecule has 2 N–H and O–H groups in total. The summed E-state index contributed by atoms with van der Waals surface area (Å²) in [7, 11) is 0. The van der Waals surface area contributed by atoms with E-state index in [4.69, 9.17) is 10.5 Å². The van der Waals surface area contributed by atoms with Gasteiger partial charge in [-0.05, 0) is 44.4 Å². The fraction of sp³-hybridized carbons (Fsp3) is 0.885. The summed E-state index contributed by atoms with van der Waals surface area (Å²) < 4.78 is 5.25. The van der Waals surface area contributed by atoms with E-state index >= 15 is 0 Å². The van der Waals surface area contributed by atoms with Gasteiger partial charge in [0.1, 0.15) is 6.04 Å². The average molecular weight is 410 g/mol. The molecule has 0 fully saturated rings. The monoisotopic (exact) mass is 409 g/mol. The molecule has 0 rings (SSSR count). The van der Waals surface area contributed by atoms with E-state index in [0.717, 1.165) is 19.3 Å². The van der Waals surface area contributed by atoms with Gasteiger partial charge in [-0.15, -0.1) is 0 Å². The number of carbonyl (C=O) groups is 1.